The summed E-state index contributed by atoms with van der Waals surface area (Å²) in [4.78, 5) is 42.7. The maximum atomic E-state index is 14.2. The average Bonchev–Trinajstić information content (AvgIpc) is 3.00. The minimum absolute atomic E-state index is 0.00562. The van der Waals surface area contributed by atoms with Gasteiger partial charge in [-0.25, -0.2) is 9.59 Å². The lowest BCUT2D eigenvalue weighted by molar-refractivity contribution is -0.145. The van der Waals surface area contributed by atoms with Crippen molar-refractivity contribution in [2.24, 2.45) is 0 Å². The Morgan fingerprint density at radius 1 is 0.800 bits per heavy atom. The predicted octanol–water partition coefficient (Wildman–Crippen LogP) is 6.17. The van der Waals surface area contributed by atoms with Gasteiger partial charge in [0.05, 0.1) is 54.6 Å². The summed E-state index contributed by atoms with van der Waals surface area (Å²) in [5.41, 5.74) is 3.06. The Balaban J connectivity index is 2.24. The van der Waals surface area contributed by atoms with Crippen LogP contribution in [0.5, 0.6) is 0 Å². The standard InChI is InChI=1S/C36H45NO8/c1-8-41-19-20-43-30(38)23-26(6)37-27(7)31(36(40)45-25(4)5)32(28-15-11-9-12-16-28)33(34(37)29-17-13-10-14-18-29)35(39)44-22-21-42-24(2)3/h9-18,24-25,32H,6,8,19-23H2,1-5,7H3. The minimum atomic E-state index is -0.839. The van der Waals surface area contributed by atoms with Crippen molar-refractivity contribution in [2.75, 3.05) is 33.0 Å². The normalized spacial score (nSPS) is 15.0. The number of allylic oxidation sites excluding steroid dienone is 1. The molecule has 9 heteroatoms. The van der Waals surface area contributed by atoms with E-state index in [1.165, 1.54) is 0 Å². The average molecular weight is 620 g/mol. The van der Waals surface area contributed by atoms with Gasteiger partial charge in [0.1, 0.15) is 13.2 Å². The van der Waals surface area contributed by atoms with Crippen LogP contribution in [-0.4, -0.2) is 68.1 Å². The number of hydrogen-bond acceptors (Lipinski definition) is 9. The quantitative estimate of drug-likeness (QED) is 0.124. The van der Waals surface area contributed by atoms with Gasteiger partial charge in [-0.15, -0.1) is 0 Å². The van der Waals surface area contributed by atoms with Crippen LogP contribution in [0.4, 0.5) is 0 Å². The van der Waals surface area contributed by atoms with Gasteiger partial charge < -0.3 is 28.6 Å². The van der Waals surface area contributed by atoms with Crippen molar-refractivity contribution in [2.45, 2.75) is 66.1 Å². The Labute approximate surface area is 266 Å². The maximum absolute atomic E-state index is 14.2. The number of nitrogens with zero attached hydrogens (tertiary/aromatic N) is 1. The summed E-state index contributed by atoms with van der Waals surface area (Å²) in [7, 11) is 0. The molecule has 9 nitrogen and oxygen atoms in total. The van der Waals surface area contributed by atoms with Gasteiger partial charge in [-0.05, 0) is 52.7 Å². The molecule has 0 aliphatic carbocycles. The van der Waals surface area contributed by atoms with Crippen LogP contribution < -0.4 is 0 Å². The third-order valence-electron chi connectivity index (χ3n) is 6.87. The molecule has 1 aliphatic heterocycles. The minimum Gasteiger partial charge on any atom is -0.463 e. The molecular weight excluding hydrogens is 574 g/mol. The van der Waals surface area contributed by atoms with E-state index in [0.29, 0.717) is 34.8 Å². The largest absolute Gasteiger partial charge is 0.463 e. The summed E-state index contributed by atoms with van der Waals surface area (Å²) >= 11 is 0. The molecule has 1 unspecified atom stereocenters. The van der Waals surface area contributed by atoms with Crippen LogP contribution in [0.25, 0.3) is 5.70 Å². The highest BCUT2D eigenvalue weighted by Gasteiger charge is 2.43. The summed E-state index contributed by atoms with van der Waals surface area (Å²) in [6, 6.07) is 18.6. The molecule has 2 aromatic carbocycles. The zero-order chi connectivity index (χ0) is 32.9. The lowest BCUT2D eigenvalue weighted by Gasteiger charge is -2.40. The maximum Gasteiger partial charge on any atom is 0.337 e. The van der Waals surface area contributed by atoms with Crippen molar-refractivity contribution in [3.05, 3.63) is 101 Å². The Bertz CT molecular complexity index is 1380. The van der Waals surface area contributed by atoms with Gasteiger partial charge in [0.15, 0.2) is 0 Å². The lowest BCUT2D eigenvalue weighted by Crippen LogP contribution is -2.36. The van der Waals surface area contributed by atoms with Gasteiger partial charge >= 0.3 is 17.9 Å². The lowest BCUT2D eigenvalue weighted by atomic mass is 9.78. The number of benzene rings is 2. The second kappa shape index (κ2) is 17.3. The first-order valence-electron chi connectivity index (χ1n) is 15.3. The zero-order valence-corrected chi connectivity index (χ0v) is 27.2. The van der Waals surface area contributed by atoms with E-state index >= 15 is 0 Å². The highest BCUT2D eigenvalue weighted by atomic mass is 16.6. The number of carbonyl (C=O) groups is 3. The number of esters is 3. The second-order valence-corrected chi connectivity index (χ2v) is 11.0. The van der Waals surface area contributed by atoms with Crippen LogP contribution in [0.3, 0.4) is 0 Å². The topological polar surface area (TPSA) is 101 Å². The number of hydrogen-bond donors (Lipinski definition) is 0. The molecule has 0 saturated carbocycles. The summed E-state index contributed by atoms with van der Waals surface area (Å²) in [6.45, 7) is 16.3. The first-order chi connectivity index (χ1) is 21.6. The molecule has 242 valence electrons. The van der Waals surface area contributed by atoms with Crippen molar-refractivity contribution in [1.82, 2.24) is 4.90 Å². The third kappa shape index (κ3) is 9.64. The van der Waals surface area contributed by atoms with Crippen LogP contribution in [0, 0.1) is 0 Å². The molecule has 0 radical (unpaired) electrons. The molecule has 1 atom stereocenters. The van der Waals surface area contributed by atoms with Gasteiger partial charge in [0.2, 0.25) is 0 Å². The van der Waals surface area contributed by atoms with E-state index in [4.69, 9.17) is 23.7 Å². The molecule has 0 bridgehead atoms. The Hall–Kier alpha value is -4.21. The number of ether oxygens (including phenoxy) is 5. The second-order valence-electron chi connectivity index (χ2n) is 11.0. The molecule has 0 aromatic heterocycles. The summed E-state index contributed by atoms with van der Waals surface area (Å²) in [5, 5.41) is 0. The van der Waals surface area contributed by atoms with E-state index in [9.17, 15) is 14.4 Å². The van der Waals surface area contributed by atoms with E-state index in [2.05, 4.69) is 6.58 Å². The molecule has 0 spiro atoms. The highest BCUT2D eigenvalue weighted by Crippen LogP contribution is 2.47. The number of rotatable bonds is 16. The van der Waals surface area contributed by atoms with Crippen LogP contribution in [-0.2, 0) is 38.1 Å². The third-order valence-corrected chi connectivity index (χ3v) is 6.87. The van der Waals surface area contributed by atoms with Crippen LogP contribution in [0.2, 0.25) is 0 Å². The van der Waals surface area contributed by atoms with E-state index < -0.39 is 29.9 Å². The number of carbonyl (C=O) groups excluding carboxylic acids is 3. The molecule has 1 aliphatic rings. The van der Waals surface area contributed by atoms with E-state index in [1.54, 1.807) is 25.7 Å². The SMILES string of the molecule is C=C(CC(=O)OCCOCC)N1C(C)=C(C(=O)OC(C)C)C(c2ccccc2)C(C(=O)OCCOC(C)C)=C1c1ccccc1. The zero-order valence-electron chi connectivity index (χ0n) is 27.2. The van der Waals surface area contributed by atoms with Crippen molar-refractivity contribution in [1.29, 1.82) is 0 Å². The first-order valence-corrected chi connectivity index (χ1v) is 15.3. The van der Waals surface area contributed by atoms with Crippen molar-refractivity contribution in [3.63, 3.8) is 0 Å². The smallest absolute Gasteiger partial charge is 0.337 e. The molecule has 2 aromatic rings. The molecule has 0 N–H and O–H groups in total. The van der Waals surface area contributed by atoms with Crippen LogP contribution in [0.15, 0.2) is 89.8 Å². The van der Waals surface area contributed by atoms with Gasteiger partial charge in [-0.2, -0.15) is 0 Å². The predicted molar refractivity (Wildman–Crippen MR) is 172 cm³/mol. The highest BCUT2D eigenvalue weighted by molar-refractivity contribution is 6.06. The monoisotopic (exact) mass is 619 g/mol. The van der Waals surface area contributed by atoms with Gasteiger partial charge in [0.25, 0.3) is 0 Å². The fraction of sp³-hybridized carbons (Fsp3) is 0.417. The summed E-state index contributed by atoms with van der Waals surface area (Å²) in [5.74, 6) is -2.58. The first kappa shape index (κ1) is 35.3. The van der Waals surface area contributed by atoms with Crippen LogP contribution >= 0.6 is 0 Å². The summed E-state index contributed by atoms with van der Waals surface area (Å²) in [6.07, 6.45) is -0.661. The van der Waals surface area contributed by atoms with Gasteiger partial charge in [-0.1, -0.05) is 67.2 Å². The van der Waals surface area contributed by atoms with E-state index in [0.717, 1.165) is 0 Å². The Kier molecular flexibility index (Phi) is 13.6. The van der Waals surface area contributed by atoms with Crippen molar-refractivity contribution < 1.29 is 38.1 Å². The van der Waals surface area contributed by atoms with Crippen molar-refractivity contribution in [3.8, 4) is 0 Å². The molecule has 3 rings (SSSR count). The molecule has 0 saturated heterocycles. The Morgan fingerprint density at radius 2 is 1.42 bits per heavy atom. The summed E-state index contributed by atoms with van der Waals surface area (Å²) < 4.78 is 27.8. The molecule has 45 heavy (non-hydrogen) atoms. The molecule has 0 amide bonds. The van der Waals surface area contributed by atoms with Crippen molar-refractivity contribution >= 4 is 23.6 Å². The fourth-order valence-electron chi connectivity index (χ4n) is 5.06. The van der Waals surface area contributed by atoms with Gasteiger partial charge in [-0.3, -0.25) is 4.79 Å². The molecule has 0 fully saturated rings. The van der Waals surface area contributed by atoms with E-state index in [1.807, 2.05) is 81.4 Å². The Morgan fingerprint density at radius 3 is 2.02 bits per heavy atom. The molecular formula is C36H45NO8. The van der Waals surface area contributed by atoms with Gasteiger partial charge in [0, 0.05) is 18.0 Å². The van der Waals surface area contributed by atoms with E-state index in [-0.39, 0.29) is 50.1 Å². The molecule has 1 heterocycles. The fourth-order valence-corrected chi connectivity index (χ4v) is 5.06. The van der Waals surface area contributed by atoms with Crippen LogP contribution in [0.1, 0.15) is 65.0 Å².